The quantitative estimate of drug-likeness (QED) is 0.873. The van der Waals surface area contributed by atoms with Crippen LogP contribution in [0.3, 0.4) is 0 Å². The minimum atomic E-state index is -0.485. The van der Waals surface area contributed by atoms with Gasteiger partial charge in [0.05, 0.1) is 24.8 Å². The minimum absolute atomic E-state index is 0.0483. The first-order valence-electron chi connectivity index (χ1n) is 7.61. The Morgan fingerprint density at radius 2 is 2.23 bits per heavy atom. The monoisotopic (exact) mass is 302 g/mol. The first kappa shape index (κ1) is 15.4. The maximum atomic E-state index is 10.2. The Kier molecular flexibility index (Phi) is 5.00. The molecule has 0 saturated carbocycles. The fourth-order valence-corrected chi connectivity index (χ4v) is 2.84. The van der Waals surface area contributed by atoms with E-state index in [9.17, 15) is 5.11 Å². The van der Waals surface area contributed by atoms with Crippen LogP contribution in [0.1, 0.15) is 5.56 Å². The highest BCUT2D eigenvalue weighted by molar-refractivity contribution is 5.78. The van der Waals surface area contributed by atoms with Crippen LogP contribution in [-0.4, -0.2) is 49.2 Å². The molecule has 3 atom stereocenters. The van der Waals surface area contributed by atoms with Crippen molar-refractivity contribution in [2.75, 3.05) is 26.9 Å². The normalized spacial score (nSPS) is 25.5. The summed E-state index contributed by atoms with van der Waals surface area (Å²) < 4.78 is 10.7. The van der Waals surface area contributed by atoms with E-state index in [1.807, 2.05) is 24.4 Å². The van der Waals surface area contributed by atoms with Crippen LogP contribution >= 0.6 is 0 Å². The van der Waals surface area contributed by atoms with Crippen LogP contribution < -0.4 is 5.32 Å². The number of aliphatic hydroxyl groups is 1. The van der Waals surface area contributed by atoms with Gasteiger partial charge in [-0.25, -0.2) is 0 Å². The third-order valence-corrected chi connectivity index (χ3v) is 4.16. The van der Waals surface area contributed by atoms with E-state index >= 15 is 0 Å². The van der Waals surface area contributed by atoms with Gasteiger partial charge in [0.25, 0.3) is 0 Å². The summed E-state index contributed by atoms with van der Waals surface area (Å²) in [6.45, 7) is 2.43. The van der Waals surface area contributed by atoms with Gasteiger partial charge in [0.15, 0.2) is 0 Å². The van der Waals surface area contributed by atoms with E-state index in [2.05, 4.69) is 22.4 Å². The lowest BCUT2D eigenvalue weighted by atomic mass is 9.96. The number of fused-ring (bicyclic) bond motifs is 1. The number of methoxy groups -OCH3 is 1. The number of nitrogens with zero attached hydrogens (tertiary/aromatic N) is 1. The maximum Gasteiger partial charge on any atom is 0.107 e. The molecule has 1 aromatic heterocycles. The highest BCUT2D eigenvalue weighted by Gasteiger charge is 2.32. The van der Waals surface area contributed by atoms with Crippen molar-refractivity contribution >= 4 is 10.9 Å². The number of hydrogen-bond acceptors (Lipinski definition) is 5. The number of ether oxygens (including phenoxy) is 2. The van der Waals surface area contributed by atoms with Crippen molar-refractivity contribution in [3.63, 3.8) is 0 Å². The molecular formula is C17H22N2O3. The molecule has 1 aliphatic heterocycles. The fraction of sp³-hybridized carbons (Fsp3) is 0.471. The number of para-hydroxylation sites is 1. The lowest BCUT2D eigenvalue weighted by Gasteiger charge is -2.33. The zero-order chi connectivity index (χ0) is 15.4. The Morgan fingerprint density at radius 1 is 1.36 bits per heavy atom. The number of pyridine rings is 1. The number of rotatable bonds is 5. The molecule has 0 radical (unpaired) electrons. The summed E-state index contributed by atoms with van der Waals surface area (Å²) in [6.07, 6.45) is 1.17. The first-order valence-corrected chi connectivity index (χ1v) is 7.61. The molecule has 5 nitrogen and oxygen atoms in total. The van der Waals surface area contributed by atoms with E-state index < -0.39 is 6.10 Å². The summed E-state index contributed by atoms with van der Waals surface area (Å²) >= 11 is 0. The minimum Gasteiger partial charge on any atom is -0.390 e. The molecule has 1 aromatic carbocycles. The molecule has 2 aromatic rings. The zero-order valence-electron chi connectivity index (χ0n) is 12.7. The molecule has 0 bridgehead atoms. The van der Waals surface area contributed by atoms with Crippen LogP contribution in [0.5, 0.6) is 0 Å². The molecule has 0 spiro atoms. The van der Waals surface area contributed by atoms with Crippen molar-refractivity contribution in [1.82, 2.24) is 10.3 Å². The van der Waals surface area contributed by atoms with Crippen LogP contribution in [0, 0.1) is 5.92 Å². The molecular weight excluding hydrogens is 280 g/mol. The van der Waals surface area contributed by atoms with Crippen LogP contribution in [0.25, 0.3) is 10.9 Å². The van der Waals surface area contributed by atoms with E-state index in [1.165, 1.54) is 0 Å². The predicted molar refractivity (Wildman–Crippen MR) is 84.6 cm³/mol. The largest absolute Gasteiger partial charge is 0.390 e. The molecule has 3 rings (SSSR count). The smallest absolute Gasteiger partial charge is 0.107 e. The van der Waals surface area contributed by atoms with Crippen LogP contribution in [0.15, 0.2) is 36.5 Å². The molecule has 1 fully saturated rings. The van der Waals surface area contributed by atoms with E-state index in [0.29, 0.717) is 19.8 Å². The average molecular weight is 302 g/mol. The van der Waals surface area contributed by atoms with Crippen LogP contribution in [0.2, 0.25) is 0 Å². The molecule has 1 saturated heterocycles. The van der Waals surface area contributed by atoms with Gasteiger partial charge in [-0.2, -0.15) is 0 Å². The molecule has 2 heterocycles. The number of aliphatic hydroxyl groups excluding tert-OH is 1. The Morgan fingerprint density at radius 3 is 3.09 bits per heavy atom. The van der Waals surface area contributed by atoms with Crippen molar-refractivity contribution in [3.8, 4) is 0 Å². The van der Waals surface area contributed by atoms with Gasteiger partial charge in [0.1, 0.15) is 6.10 Å². The second-order valence-corrected chi connectivity index (χ2v) is 5.73. The SMILES string of the molecule is CO[C@@H]1COC[C@@H](CNCc2cnc3ccccc3c2)[C@@H]1O. The Labute approximate surface area is 130 Å². The van der Waals surface area contributed by atoms with E-state index in [4.69, 9.17) is 9.47 Å². The molecule has 22 heavy (non-hydrogen) atoms. The maximum absolute atomic E-state index is 10.2. The third-order valence-electron chi connectivity index (χ3n) is 4.16. The summed E-state index contributed by atoms with van der Waals surface area (Å²) in [4.78, 5) is 4.45. The van der Waals surface area contributed by atoms with Gasteiger partial charge in [-0.15, -0.1) is 0 Å². The molecule has 1 aliphatic rings. The van der Waals surface area contributed by atoms with Crippen molar-refractivity contribution in [3.05, 3.63) is 42.1 Å². The first-order chi connectivity index (χ1) is 10.8. The van der Waals surface area contributed by atoms with Gasteiger partial charge in [-0.1, -0.05) is 18.2 Å². The lowest BCUT2D eigenvalue weighted by Crippen LogP contribution is -2.48. The van der Waals surface area contributed by atoms with Gasteiger partial charge in [0.2, 0.25) is 0 Å². The number of hydrogen-bond donors (Lipinski definition) is 2. The molecule has 0 aliphatic carbocycles. The lowest BCUT2D eigenvalue weighted by molar-refractivity contribution is -0.133. The van der Waals surface area contributed by atoms with Gasteiger partial charge in [0, 0.05) is 37.7 Å². The second-order valence-electron chi connectivity index (χ2n) is 5.73. The number of nitrogens with one attached hydrogen (secondary N) is 1. The summed E-state index contributed by atoms with van der Waals surface area (Å²) in [6, 6.07) is 10.2. The fourth-order valence-electron chi connectivity index (χ4n) is 2.84. The van der Waals surface area contributed by atoms with Gasteiger partial charge in [-0.05, 0) is 17.7 Å². The van der Waals surface area contributed by atoms with Crippen molar-refractivity contribution in [2.24, 2.45) is 5.92 Å². The van der Waals surface area contributed by atoms with Gasteiger partial charge >= 0.3 is 0 Å². The third kappa shape index (κ3) is 3.44. The summed E-state index contributed by atoms with van der Waals surface area (Å²) in [5.74, 6) is 0.0483. The molecule has 0 amide bonds. The van der Waals surface area contributed by atoms with E-state index in [-0.39, 0.29) is 12.0 Å². The number of benzene rings is 1. The van der Waals surface area contributed by atoms with Crippen molar-refractivity contribution in [1.29, 1.82) is 0 Å². The average Bonchev–Trinajstić information content (AvgIpc) is 2.56. The zero-order valence-corrected chi connectivity index (χ0v) is 12.7. The molecule has 5 heteroatoms. The summed E-state index contributed by atoms with van der Waals surface area (Å²) in [5.41, 5.74) is 2.14. The van der Waals surface area contributed by atoms with E-state index in [0.717, 1.165) is 23.0 Å². The van der Waals surface area contributed by atoms with Crippen molar-refractivity contribution in [2.45, 2.75) is 18.8 Å². The highest BCUT2D eigenvalue weighted by Crippen LogP contribution is 2.17. The van der Waals surface area contributed by atoms with Crippen LogP contribution in [-0.2, 0) is 16.0 Å². The summed E-state index contributed by atoms with van der Waals surface area (Å²) in [5, 5.41) is 14.7. The second kappa shape index (κ2) is 7.15. The van der Waals surface area contributed by atoms with E-state index in [1.54, 1.807) is 7.11 Å². The van der Waals surface area contributed by atoms with Gasteiger partial charge < -0.3 is 19.9 Å². The Hall–Kier alpha value is -1.53. The number of aromatic nitrogens is 1. The highest BCUT2D eigenvalue weighted by atomic mass is 16.5. The topological polar surface area (TPSA) is 63.6 Å². The molecule has 118 valence electrons. The molecule has 2 N–H and O–H groups in total. The Bertz CT molecular complexity index is 620. The summed E-state index contributed by atoms with van der Waals surface area (Å²) in [7, 11) is 1.60. The Balaban J connectivity index is 1.55. The van der Waals surface area contributed by atoms with Crippen molar-refractivity contribution < 1.29 is 14.6 Å². The standard InChI is InChI=1S/C17H22N2O3/c1-21-16-11-22-10-14(17(16)20)9-18-7-12-6-13-4-2-3-5-15(13)19-8-12/h2-6,8,14,16-18,20H,7,9-11H2,1H3/t14-,16-,17+/m1/s1. The predicted octanol–water partition coefficient (Wildman–Crippen LogP) is 1.35. The van der Waals surface area contributed by atoms with Gasteiger partial charge in [-0.3, -0.25) is 4.98 Å². The molecule has 0 unspecified atom stereocenters. The van der Waals surface area contributed by atoms with Crippen LogP contribution in [0.4, 0.5) is 0 Å².